The van der Waals surface area contributed by atoms with Crippen LogP contribution in [0.4, 0.5) is 17.6 Å². The standard InChI is InChI=1S/C27H32F4O/c1-17-2-4-18(5-3-17)19-6-8-20(9-7-19)21-10-11-23(24(29)14-21)22-15-25(30)27(26(31)16-22)32-13-12-28/h10-11,14-20H,2-9,12-13H2,1H3. The Morgan fingerprint density at radius 2 is 1.38 bits per heavy atom. The predicted octanol–water partition coefficient (Wildman–Crippen LogP) is 8.22. The van der Waals surface area contributed by atoms with Gasteiger partial charge in [-0.2, -0.15) is 0 Å². The summed E-state index contributed by atoms with van der Waals surface area (Å²) in [5.74, 6) is -0.193. The molecule has 2 aromatic rings. The predicted molar refractivity (Wildman–Crippen MR) is 119 cm³/mol. The molecule has 2 fully saturated rings. The molecule has 2 aliphatic carbocycles. The fraction of sp³-hybridized carbons (Fsp3) is 0.556. The molecule has 32 heavy (non-hydrogen) atoms. The maximum atomic E-state index is 14.9. The van der Waals surface area contributed by atoms with E-state index in [9.17, 15) is 17.6 Å². The van der Waals surface area contributed by atoms with Crippen molar-refractivity contribution in [2.45, 2.75) is 64.2 Å². The summed E-state index contributed by atoms with van der Waals surface area (Å²) in [6, 6.07) is 7.08. The molecule has 0 aliphatic heterocycles. The first-order valence-corrected chi connectivity index (χ1v) is 11.9. The molecule has 1 nitrogen and oxygen atoms in total. The maximum Gasteiger partial charge on any atom is 0.190 e. The van der Waals surface area contributed by atoms with E-state index >= 15 is 0 Å². The smallest absolute Gasteiger partial charge is 0.190 e. The molecule has 0 aromatic heterocycles. The lowest BCUT2D eigenvalue weighted by atomic mass is 9.68. The second kappa shape index (κ2) is 10.3. The number of hydrogen-bond acceptors (Lipinski definition) is 1. The van der Waals surface area contributed by atoms with Gasteiger partial charge in [-0.05, 0) is 91.5 Å². The van der Waals surface area contributed by atoms with Crippen LogP contribution < -0.4 is 4.74 Å². The van der Waals surface area contributed by atoms with Gasteiger partial charge >= 0.3 is 0 Å². The molecule has 0 radical (unpaired) electrons. The minimum absolute atomic E-state index is 0.104. The lowest BCUT2D eigenvalue weighted by Gasteiger charge is -2.37. The Morgan fingerprint density at radius 1 is 0.781 bits per heavy atom. The third-order valence-corrected chi connectivity index (χ3v) is 7.60. The molecule has 174 valence electrons. The summed E-state index contributed by atoms with van der Waals surface area (Å²) < 4.78 is 60.4. The van der Waals surface area contributed by atoms with E-state index in [4.69, 9.17) is 4.74 Å². The van der Waals surface area contributed by atoms with E-state index in [1.54, 1.807) is 6.07 Å². The van der Waals surface area contributed by atoms with Crippen molar-refractivity contribution in [2.24, 2.45) is 17.8 Å². The monoisotopic (exact) mass is 448 g/mol. The average molecular weight is 449 g/mol. The fourth-order valence-corrected chi connectivity index (χ4v) is 5.69. The minimum atomic E-state index is -0.965. The van der Waals surface area contributed by atoms with Crippen molar-refractivity contribution >= 4 is 0 Å². The number of rotatable bonds is 6. The van der Waals surface area contributed by atoms with Gasteiger partial charge in [-0.25, -0.2) is 17.6 Å². The van der Waals surface area contributed by atoms with Crippen molar-refractivity contribution in [3.05, 3.63) is 53.3 Å². The first-order chi connectivity index (χ1) is 15.5. The van der Waals surface area contributed by atoms with Gasteiger partial charge < -0.3 is 4.74 Å². The van der Waals surface area contributed by atoms with Crippen LogP contribution in [-0.4, -0.2) is 13.3 Å². The van der Waals surface area contributed by atoms with Crippen molar-refractivity contribution in [2.75, 3.05) is 13.3 Å². The molecule has 0 amide bonds. The highest BCUT2D eigenvalue weighted by Gasteiger charge is 2.30. The molecule has 0 atom stereocenters. The second-order valence-corrected chi connectivity index (χ2v) is 9.68. The normalized spacial score (nSPS) is 26.2. The van der Waals surface area contributed by atoms with Gasteiger partial charge in [0.1, 0.15) is 19.1 Å². The first-order valence-electron chi connectivity index (χ1n) is 11.9. The molecular formula is C27H32F4O. The van der Waals surface area contributed by atoms with Crippen LogP contribution in [0.15, 0.2) is 30.3 Å². The number of benzene rings is 2. The third-order valence-electron chi connectivity index (χ3n) is 7.60. The van der Waals surface area contributed by atoms with Crippen LogP contribution in [0.5, 0.6) is 5.75 Å². The summed E-state index contributed by atoms with van der Waals surface area (Å²) in [4.78, 5) is 0. The summed E-state index contributed by atoms with van der Waals surface area (Å²) in [7, 11) is 0. The number of alkyl halides is 1. The van der Waals surface area contributed by atoms with Crippen LogP contribution in [0.1, 0.15) is 69.8 Å². The van der Waals surface area contributed by atoms with Crippen LogP contribution in [0.3, 0.4) is 0 Å². The average Bonchev–Trinajstić information content (AvgIpc) is 2.79. The van der Waals surface area contributed by atoms with Crippen LogP contribution >= 0.6 is 0 Å². The summed E-state index contributed by atoms with van der Waals surface area (Å²) in [5.41, 5.74) is 1.21. The van der Waals surface area contributed by atoms with E-state index in [2.05, 4.69) is 6.92 Å². The van der Waals surface area contributed by atoms with E-state index in [0.717, 1.165) is 48.3 Å². The zero-order valence-corrected chi connectivity index (χ0v) is 18.7. The van der Waals surface area contributed by atoms with E-state index in [-0.39, 0.29) is 11.1 Å². The molecule has 0 spiro atoms. The summed E-state index contributed by atoms with van der Waals surface area (Å²) in [6.45, 7) is 1.07. The molecule has 0 bridgehead atoms. The van der Waals surface area contributed by atoms with Crippen LogP contribution in [0.2, 0.25) is 0 Å². The van der Waals surface area contributed by atoms with Crippen molar-refractivity contribution in [3.63, 3.8) is 0 Å². The maximum absolute atomic E-state index is 14.9. The van der Waals surface area contributed by atoms with Gasteiger partial charge in [0, 0.05) is 5.56 Å². The number of ether oxygens (including phenoxy) is 1. The van der Waals surface area contributed by atoms with Crippen LogP contribution in [-0.2, 0) is 0 Å². The molecule has 0 heterocycles. The molecule has 2 aliphatic rings. The molecule has 0 N–H and O–H groups in total. The van der Waals surface area contributed by atoms with Crippen molar-refractivity contribution in [1.82, 2.24) is 0 Å². The molecule has 2 saturated carbocycles. The zero-order valence-electron chi connectivity index (χ0n) is 18.7. The fourth-order valence-electron chi connectivity index (χ4n) is 5.69. The zero-order chi connectivity index (χ0) is 22.7. The topological polar surface area (TPSA) is 9.23 Å². The summed E-state index contributed by atoms with van der Waals surface area (Å²) in [6.07, 6.45) is 9.93. The Bertz CT molecular complexity index is 889. The number of halogens is 4. The van der Waals surface area contributed by atoms with Crippen molar-refractivity contribution in [1.29, 1.82) is 0 Å². The van der Waals surface area contributed by atoms with Gasteiger partial charge in [-0.15, -0.1) is 0 Å². The van der Waals surface area contributed by atoms with Crippen molar-refractivity contribution in [3.8, 4) is 16.9 Å². The Morgan fingerprint density at radius 3 is 1.94 bits per heavy atom. The van der Waals surface area contributed by atoms with E-state index < -0.39 is 36.5 Å². The van der Waals surface area contributed by atoms with Crippen molar-refractivity contribution < 1.29 is 22.3 Å². The Balaban J connectivity index is 1.43. The summed E-state index contributed by atoms with van der Waals surface area (Å²) >= 11 is 0. The Labute approximate surface area is 188 Å². The largest absolute Gasteiger partial charge is 0.485 e. The molecule has 5 heteroatoms. The van der Waals surface area contributed by atoms with E-state index in [1.165, 1.54) is 44.6 Å². The van der Waals surface area contributed by atoms with Gasteiger partial charge in [0.25, 0.3) is 0 Å². The van der Waals surface area contributed by atoms with E-state index in [1.807, 2.05) is 6.07 Å². The van der Waals surface area contributed by atoms with Gasteiger partial charge in [0.2, 0.25) is 0 Å². The lowest BCUT2D eigenvalue weighted by molar-refractivity contribution is 0.165. The molecule has 0 unspecified atom stereocenters. The molecular weight excluding hydrogens is 416 g/mol. The molecule has 4 rings (SSSR count). The van der Waals surface area contributed by atoms with Crippen LogP contribution in [0, 0.1) is 35.2 Å². The molecule has 2 aromatic carbocycles. The Kier molecular flexibility index (Phi) is 7.42. The summed E-state index contributed by atoms with van der Waals surface area (Å²) in [5, 5.41) is 0. The minimum Gasteiger partial charge on any atom is -0.485 e. The SMILES string of the molecule is CC1CCC(C2CCC(c3ccc(-c4cc(F)c(OCCF)c(F)c4)c(F)c3)CC2)CC1. The van der Waals surface area contributed by atoms with E-state index in [0.29, 0.717) is 5.92 Å². The quantitative estimate of drug-likeness (QED) is 0.405. The van der Waals surface area contributed by atoms with Gasteiger partial charge in [0.15, 0.2) is 17.4 Å². The highest BCUT2D eigenvalue weighted by atomic mass is 19.1. The second-order valence-electron chi connectivity index (χ2n) is 9.68. The van der Waals surface area contributed by atoms with Gasteiger partial charge in [-0.1, -0.05) is 31.9 Å². The van der Waals surface area contributed by atoms with Crippen LogP contribution in [0.25, 0.3) is 11.1 Å². The Hall–Kier alpha value is -2.04. The highest BCUT2D eigenvalue weighted by Crippen LogP contribution is 2.44. The van der Waals surface area contributed by atoms with Gasteiger partial charge in [-0.3, -0.25) is 0 Å². The van der Waals surface area contributed by atoms with Gasteiger partial charge in [0.05, 0.1) is 0 Å². The number of hydrogen-bond donors (Lipinski definition) is 0. The highest BCUT2D eigenvalue weighted by molar-refractivity contribution is 5.66. The first kappa shape index (κ1) is 23.1. The molecule has 0 saturated heterocycles. The lowest BCUT2D eigenvalue weighted by Crippen LogP contribution is -2.24. The third kappa shape index (κ3) is 5.13.